The van der Waals surface area contributed by atoms with E-state index in [1.54, 1.807) is 6.07 Å². The minimum atomic E-state index is -0.509. The van der Waals surface area contributed by atoms with Crippen molar-refractivity contribution in [2.45, 2.75) is 13.8 Å². The lowest BCUT2D eigenvalue weighted by atomic mass is 10.1. The Labute approximate surface area is 54.8 Å². The maximum Gasteiger partial charge on any atom is 0.112 e. The molecule has 0 heterocycles. The van der Waals surface area contributed by atoms with E-state index in [0.717, 1.165) is 0 Å². The number of allylic oxidation sites excluding steroid dienone is 2. The van der Waals surface area contributed by atoms with Gasteiger partial charge in [0, 0.05) is 6.08 Å². The van der Waals surface area contributed by atoms with Crippen molar-refractivity contribution >= 4 is 0 Å². The summed E-state index contributed by atoms with van der Waals surface area (Å²) in [5.74, 6) is 0.148. The highest BCUT2D eigenvalue weighted by Crippen LogP contribution is 2.08. The first-order chi connectivity index (χ1) is 4.22. The molecule has 50 valence electrons. The fourth-order valence-electron chi connectivity index (χ4n) is 0.442. The van der Waals surface area contributed by atoms with Crippen molar-refractivity contribution in [1.82, 2.24) is 0 Å². The number of rotatable bonds is 2. The van der Waals surface area contributed by atoms with Crippen LogP contribution in [0.1, 0.15) is 13.8 Å². The Morgan fingerprint density at radius 1 is 1.78 bits per heavy atom. The zero-order chi connectivity index (χ0) is 7.28. The van der Waals surface area contributed by atoms with Gasteiger partial charge in [0.25, 0.3) is 0 Å². The molecule has 0 radical (unpaired) electrons. The molecule has 0 bridgehead atoms. The normalized spacial score (nSPS) is 11.7. The summed E-state index contributed by atoms with van der Waals surface area (Å²) >= 11 is 0. The number of nitriles is 1. The van der Waals surface area contributed by atoms with Gasteiger partial charge in [0.2, 0.25) is 0 Å². The largest absolute Gasteiger partial charge is 0.246 e. The third kappa shape index (κ3) is 2.86. The van der Waals surface area contributed by atoms with Crippen molar-refractivity contribution in [1.29, 1.82) is 5.26 Å². The van der Waals surface area contributed by atoms with E-state index in [4.69, 9.17) is 5.26 Å². The Hall–Kier alpha value is -0.840. The van der Waals surface area contributed by atoms with Crippen LogP contribution in [-0.4, -0.2) is 6.67 Å². The highest BCUT2D eigenvalue weighted by molar-refractivity contribution is 5.15. The Morgan fingerprint density at radius 2 is 2.33 bits per heavy atom. The van der Waals surface area contributed by atoms with Crippen molar-refractivity contribution in [3.8, 4) is 6.07 Å². The van der Waals surface area contributed by atoms with Crippen LogP contribution in [0.4, 0.5) is 4.39 Å². The first kappa shape index (κ1) is 8.16. The van der Waals surface area contributed by atoms with Gasteiger partial charge in [-0.15, -0.1) is 0 Å². The van der Waals surface area contributed by atoms with Crippen molar-refractivity contribution in [2.75, 3.05) is 6.67 Å². The van der Waals surface area contributed by atoms with Crippen LogP contribution in [0.15, 0.2) is 11.6 Å². The van der Waals surface area contributed by atoms with Gasteiger partial charge in [-0.1, -0.05) is 13.8 Å². The van der Waals surface area contributed by atoms with Crippen LogP contribution < -0.4 is 0 Å². The molecule has 0 rings (SSSR count). The third-order valence-corrected chi connectivity index (χ3v) is 1.15. The van der Waals surface area contributed by atoms with Gasteiger partial charge < -0.3 is 0 Å². The van der Waals surface area contributed by atoms with Crippen LogP contribution in [0.25, 0.3) is 0 Å². The van der Waals surface area contributed by atoms with Crippen LogP contribution in [-0.2, 0) is 0 Å². The lowest BCUT2D eigenvalue weighted by molar-refractivity contribution is 0.509. The van der Waals surface area contributed by atoms with Gasteiger partial charge in [0.05, 0.1) is 6.07 Å². The Balaban J connectivity index is 4.02. The Morgan fingerprint density at radius 3 is 2.44 bits per heavy atom. The first-order valence-corrected chi connectivity index (χ1v) is 2.87. The summed E-state index contributed by atoms with van der Waals surface area (Å²) in [7, 11) is 0. The predicted molar refractivity (Wildman–Crippen MR) is 34.5 cm³/mol. The van der Waals surface area contributed by atoms with Gasteiger partial charge in [-0.25, -0.2) is 4.39 Å². The highest BCUT2D eigenvalue weighted by Gasteiger charge is 2.00. The molecule has 0 fully saturated rings. The second-order valence-electron chi connectivity index (χ2n) is 2.14. The second-order valence-corrected chi connectivity index (χ2v) is 2.14. The summed E-state index contributed by atoms with van der Waals surface area (Å²) in [6.45, 7) is 3.22. The third-order valence-electron chi connectivity index (χ3n) is 1.15. The summed E-state index contributed by atoms with van der Waals surface area (Å²) in [4.78, 5) is 0. The molecule has 0 aromatic carbocycles. The van der Waals surface area contributed by atoms with Crippen LogP contribution in [0.3, 0.4) is 0 Å². The van der Waals surface area contributed by atoms with Crippen molar-refractivity contribution in [3.05, 3.63) is 11.6 Å². The van der Waals surface area contributed by atoms with E-state index >= 15 is 0 Å². The zero-order valence-corrected chi connectivity index (χ0v) is 5.69. The molecule has 0 atom stereocenters. The molecule has 0 aromatic heterocycles. The second kappa shape index (κ2) is 4.08. The molecule has 0 aliphatic rings. The fourth-order valence-corrected chi connectivity index (χ4v) is 0.442. The molecule has 0 unspecified atom stereocenters. The van der Waals surface area contributed by atoms with Crippen molar-refractivity contribution in [3.63, 3.8) is 0 Å². The van der Waals surface area contributed by atoms with E-state index in [1.807, 2.05) is 13.8 Å². The number of hydrogen-bond donors (Lipinski definition) is 0. The molecular formula is C7H10FN. The summed E-state index contributed by atoms with van der Waals surface area (Å²) in [6, 6.07) is 1.80. The number of hydrogen-bond acceptors (Lipinski definition) is 1. The molecule has 0 aromatic rings. The van der Waals surface area contributed by atoms with E-state index in [9.17, 15) is 4.39 Å². The quantitative estimate of drug-likeness (QED) is 0.521. The van der Waals surface area contributed by atoms with Crippen LogP contribution in [0, 0.1) is 17.2 Å². The van der Waals surface area contributed by atoms with Gasteiger partial charge in [0.1, 0.15) is 6.67 Å². The van der Waals surface area contributed by atoms with E-state index in [0.29, 0.717) is 5.57 Å². The maximum absolute atomic E-state index is 11.9. The molecule has 0 aliphatic heterocycles. The smallest absolute Gasteiger partial charge is 0.112 e. The topological polar surface area (TPSA) is 23.8 Å². The molecule has 0 spiro atoms. The van der Waals surface area contributed by atoms with Gasteiger partial charge in [-0.05, 0) is 11.5 Å². The highest BCUT2D eigenvalue weighted by atomic mass is 19.1. The molecule has 9 heavy (non-hydrogen) atoms. The van der Waals surface area contributed by atoms with Gasteiger partial charge >= 0.3 is 0 Å². The zero-order valence-electron chi connectivity index (χ0n) is 5.69. The average Bonchev–Trinajstić information content (AvgIpc) is 1.82. The minimum Gasteiger partial charge on any atom is -0.246 e. The molecule has 0 saturated heterocycles. The SMILES string of the molecule is CC(C)/C(=C\C#N)CF. The lowest BCUT2D eigenvalue weighted by Gasteiger charge is -2.02. The molecule has 2 heteroatoms. The Kier molecular flexibility index (Phi) is 3.70. The summed E-state index contributed by atoms with van der Waals surface area (Å²) in [5.41, 5.74) is 0.567. The molecule has 1 nitrogen and oxygen atoms in total. The van der Waals surface area contributed by atoms with E-state index in [-0.39, 0.29) is 5.92 Å². The number of nitrogens with zero attached hydrogens (tertiary/aromatic N) is 1. The van der Waals surface area contributed by atoms with Gasteiger partial charge in [-0.2, -0.15) is 5.26 Å². The van der Waals surface area contributed by atoms with Crippen molar-refractivity contribution < 1.29 is 4.39 Å². The Bertz CT molecular complexity index is 141. The van der Waals surface area contributed by atoms with Crippen LogP contribution in [0.5, 0.6) is 0 Å². The van der Waals surface area contributed by atoms with E-state index < -0.39 is 6.67 Å². The summed E-state index contributed by atoms with van der Waals surface area (Å²) in [5, 5.41) is 8.12. The molecule has 0 saturated carbocycles. The van der Waals surface area contributed by atoms with E-state index in [2.05, 4.69) is 0 Å². The number of alkyl halides is 1. The summed E-state index contributed by atoms with van der Waals surface area (Å²) < 4.78 is 11.9. The van der Waals surface area contributed by atoms with E-state index in [1.165, 1.54) is 6.08 Å². The van der Waals surface area contributed by atoms with Gasteiger partial charge in [-0.3, -0.25) is 0 Å². The van der Waals surface area contributed by atoms with Crippen LogP contribution >= 0.6 is 0 Å². The number of halogens is 1. The first-order valence-electron chi connectivity index (χ1n) is 2.87. The van der Waals surface area contributed by atoms with Crippen molar-refractivity contribution in [2.24, 2.45) is 5.92 Å². The maximum atomic E-state index is 11.9. The average molecular weight is 127 g/mol. The monoisotopic (exact) mass is 127 g/mol. The lowest BCUT2D eigenvalue weighted by Crippen LogP contribution is -1.94. The van der Waals surface area contributed by atoms with Crippen LogP contribution in [0.2, 0.25) is 0 Å². The minimum absolute atomic E-state index is 0.148. The molecule has 0 amide bonds. The van der Waals surface area contributed by atoms with Gasteiger partial charge in [0.15, 0.2) is 0 Å². The predicted octanol–water partition coefficient (Wildman–Crippen LogP) is 2.06. The molecular weight excluding hydrogens is 117 g/mol. The fraction of sp³-hybridized carbons (Fsp3) is 0.571. The standard InChI is InChI=1S/C7H10FN/c1-6(2)7(5-8)3-4-9/h3,6H,5H2,1-2H3/b7-3-. The molecule has 0 aliphatic carbocycles. The molecule has 0 N–H and O–H groups in total. The summed E-state index contributed by atoms with van der Waals surface area (Å²) in [6.07, 6.45) is 1.27.